The minimum absolute atomic E-state index is 0.0297. The van der Waals surface area contributed by atoms with Gasteiger partial charge in [0, 0.05) is 17.4 Å². The lowest BCUT2D eigenvalue weighted by Gasteiger charge is -2.08. The number of hydrogen-bond donors (Lipinski definition) is 1. The van der Waals surface area contributed by atoms with Crippen molar-refractivity contribution < 1.29 is 13.6 Å². The van der Waals surface area contributed by atoms with E-state index in [-0.39, 0.29) is 12.5 Å². The molecule has 2 aromatic heterocycles. The fourth-order valence-corrected chi connectivity index (χ4v) is 2.69. The standard InChI is InChI=1S/C20H15FN4O2/c21-15-8-4-9-16(12-15)22-18(26)13-25-11-5-10-17(25)20-24-23-19(27-20)14-6-2-1-3-7-14/h1-12H,13H2,(H,22,26). The molecule has 0 saturated heterocycles. The molecule has 2 heterocycles. The zero-order chi connectivity index (χ0) is 18.6. The van der Waals surface area contributed by atoms with Crippen molar-refractivity contribution in [2.24, 2.45) is 0 Å². The number of hydrogen-bond acceptors (Lipinski definition) is 4. The van der Waals surface area contributed by atoms with Gasteiger partial charge in [-0.15, -0.1) is 10.2 Å². The topological polar surface area (TPSA) is 73.0 Å². The molecule has 1 N–H and O–H groups in total. The number of aromatic nitrogens is 3. The van der Waals surface area contributed by atoms with Crippen molar-refractivity contribution in [2.75, 3.05) is 5.32 Å². The van der Waals surface area contributed by atoms with Gasteiger partial charge >= 0.3 is 0 Å². The van der Waals surface area contributed by atoms with Gasteiger partial charge in [-0.05, 0) is 42.5 Å². The predicted octanol–water partition coefficient (Wildman–Crippen LogP) is 3.98. The highest BCUT2D eigenvalue weighted by molar-refractivity contribution is 5.90. The lowest BCUT2D eigenvalue weighted by molar-refractivity contribution is -0.116. The molecule has 7 heteroatoms. The maximum absolute atomic E-state index is 13.2. The van der Waals surface area contributed by atoms with Crippen molar-refractivity contribution in [1.29, 1.82) is 0 Å². The van der Waals surface area contributed by atoms with Crippen molar-refractivity contribution in [1.82, 2.24) is 14.8 Å². The smallest absolute Gasteiger partial charge is 0.264 e. The van der Waals surface area contributed by atoms with Gasteiger partial charge in [-0.2, -0.15) is 0 Å². The molecule has 0 unspecified atom stereocenters. The van der Waals surface area contributed by atoms with Crippen LogP contribution >= 0.6 is 0 Å². The third-order valence-corrected chi connectivity index (χ3v) is 3.92. The molecule has 0 spiro atoms. The monoisotopic (exact) mass is 362 g/mol. The van der Waals surface area contributed by atoms with E-state index in [4.69, 9.17) is 4.42 Å². The molecule has 0 aliphatic heterocycles. The molecule has 0 saturated carbocycles. The Morgan fingerprint density at radius 2 is 1.81 bits per heavy atom. The predicted molar refractivity (Wildman–Crippen MR) is 98.2 cm³/mol. The van der Waals surface area contributed by atoms with Crippen molar-refractivity contribution in [2.45, 2.75) is 6.54 Å². The van der Waals surface area contributed by atoms with Crippen molar-refractivity contribution in [3.8, 4) is 23.0 Å². The lowest BCUT2D eigenvalue weighted by Crippen LogP contribution is -2.18. The van der Waals surface area contributed by atoms with Crippen LogP contribution in [0.2, 0.25) is 0 Å². The Morgan fingerprint density at radius 3 is 2.63 bits per heavy atom. The quantitative estimate of drug-likeness (QED) is 0.583. The molecule has 0 fully saturated rings. The summed E-state index contributed by atoms with van der Waals surface area (Å²) in [7, 11) is 0. The number of nitrogens with zero attached hydrogens (tertiary/aromatic N) is 3. The normalized spacial score (nSPS) is 10.7. The first-order chi connectivity index (χ1) is 13.2. The summed E-state index contributed by atoms with van der Waals surface area (Å²) in [4.78, 5) is 12.3. The summed E-state index contributed by atoms with van der Waals surface area (Å²) in [6.07, 6.45) is 1.74. The molecular weight excluding hydrogens is 347 g/mol. The summed E-state index contributed by atoms with van der Waals surface area (Å²) in [5.74, 6) is 0.0228. The van der Waals surface area contributed by atoms with Gasteiger partial charge in [0.25, 0.3) is 5.89 Å². The van der Waals surface area contributed by atoms with Gasteiger partial charge in [0.05, 0.1) is 0 Å². The van der Waals surface area contributed by atoms with Crippen molar-refractivity contribution >= 4 is 11.6 Å². The van der Waals surface area contributed by atoms with Crippen LogP contribution in [-0.2, 0) is 11.3 Å². The Bertz CT molecular complexity index is 1070. The number of anilines is 1. The fourth-order valence-electron chi connectivity index (χ4n) is 2.69. The summed E-state index contributed by atoms with van der Waals surface area (Å²) < 4.78 is 20.7. The molecule has 0 aliphatic rings. The fraction of sp³-hybridized carbons (Fsp3) is 0.0500. The number of nitrogens with one attached hydrogen (secondary N) is 1. The number of benzene rings is 2. The molecule has 6 nitrogen and oxygen atoms in total. The van der Waals surface area contributed by atoms with Crippen LogP contribution < -0.4 is 5.32 Å². The van der Waals surface area contributed by atoms with Gasteiger partial charge in [-0.3, -0.25) is 4.79 Å². The zero-order valence-corrected chi connectivity index (χ0v) is 14.2. The second-order valence-electron chi connectivity index (χ2n) is 5.86. The van der Waals surface area contributed by atoms with Crippen LogP contribution in [0.25, 0.3) is 23.0 Å². The van der Waals surface area contributed by atoms with Gasteiger partial charge < -0.3 is 14.3 Å². The van der Waals surface area contributed by atoms with Crippen LogP contribution in [0.5, 0.6) is 0 Å². The number of rotatable bonds is 5. The van der Waals surface area contributed by atoms with Crippen LogP contribution in [0.4, 0.5) is 10.1 Å². The van der Waals surface area contributed by atoms with Crippen molar-refractivity contribution in [3.05, 3.63) is 78.7 Å². The highest BCUT2D eigenvalue weighted by Gasteiger charge is 2.15. The van der Waals surface area contributed by atoms with Crippen molar-refractivity contribution in [3.63, 3.8) is 0 Å². The Morgan fingerprint density at radius 1 is 1.00 bits per heavy atom. The summed E-state index contributed by atoms with van der Waals surface area (Å²) in [6.45, 7) is 0.0297. The largest absolute Gasteiger partial charge is 0.415 e. The second-order valence-corrected chi connectivity index (χ2v) is 5.86. The Labute approximate surface area is 154 Å². The summed E-state index contributed by atoms with van der Waals surface area (Å²) in [5, 5.41) is 10.8. The summed E-state index contributed by atoms with van der Waals surface area (Å²) >= 11 is 0. The van der Waals surface area contributed by atoms with Crippen LogP contribution in [0.1, 0.15) is 0 Å². The lowest BCUT2D eigenvalue weighted by atomic mass is 10.2. The van der Waals surface area contributed by atoms with Crippen LogP contribution in [0.3, 0.4) is 0 Å². The van der Waals surface area contributed by atoms with Gasteiger partial charge in [0.15, 0.2) is 0 Å². The Balaban J connectivity index is 1.51. The molecule has 0 aliphatic carbocycles. The summed E-state index contributed by atoms with van der Waals surface area (Å²) in [6, 6.07) is 18.8. The van der Waals surface area contributed by atoms with Crippen LogP contribution in [-0.4, -0.2) is 20.7 Å². The van der Waals surface area contributed by atoms with Gasteiger partial charge in [-0.25, -0.2) is 4.39 Å². The average Bonchev–Trinajstić information content (AvgIpc) is 3.31. The molecule has 2 aromatic carbocycles. The van der Waals surface area contributed by atoms with E-state index in [9.17, 15) is 9.18 Å². The highest BCUT2D eigenvalue weighted by atomic mass is 19.1. The SMILES string of the molecule is O=C(Cn1cccc1-c1nnc(-c2ccccc2)o1)Nc1cccc(F)c1. The third-order valence-electron chi connectivity index (χ3n) is 3.92. The maximum Gasteiger partial charge on any atom is 0.264 e. The molecule has 1 amide bonds. The van der Waals surface area contributed by atoms with E-state index in [0.717, 1.165) is 5.56 Å². The van der Waals surface area contributed by atoms with Gasteiger partial charge in [0.1, 0.15) is 18.1 Å². The van der Waals surface area contributed by atoms with E-state index >= 15 is 0 Å². The molecular formula is C20H15FN4O2. The number of carbonyl (C=O) groups is 1. The second kappa shape index (κ2) is 7.25. The summed E-state index contributed by atoms with van der Waals surface area (Å²) in [5.41, 5.74) is 1.84. The first-order valence-electron chi connectivity index (χ1n) is 8.29. The Kier molecular flexibility index (Phi) is 4.49. The van der Waals surface area contributed by atoms with E-state index in [2.05, 4.69) is 15.5 Å². The van der Waals surface area contributed by atoms with E-state index in [1.54, 1.807) is 29.0 Å². The average molecular weight is 362 g/mol. The first kappa shape index (κ1) is 16.7. The van der Waals surface area contributed by atoms with Gasteiger partial charge in [-0.1, -0.05) is 24.3 Å². The van der Waals surface area contributed by atoms with Crippen LogP contribution in [0, 0.1) is 5.82 Å². The van der Waals surface area contributed by atoms with Gasteiger partial charge in [0.2, 0.25) is 11.8 Å². The maximum atomic E-state index is 13.2. The number of amides is 1. The third kappa shape index (κ3) is 3.77. The minimum Gasteiger partial charge on any atom is -0.415 e. The minimum atomic E-state index is -0.409. The number of carbonyl (C=O) groups excluding carboxylic acids is 1. The van der Waals surface area contributed by atoms with E-state index in [1.165, 1.54) is 18.2 Å². The molecule has 0 radical (unpaired) electrons. The van der Waals surface area contributed by atoms with E-state index in [0.29, 0.717) is 23.2 Å². The van der Waals surface area contributed by atoms with Crippen LogP contribution in [0.15, 0.2) is 77.3 Å². The molecule has 4 rings (SSSR count). The molecule has 0 atom stereocenters. The highest BCUT2D eigenvalue weighted by Crippen LogP contribution is 2.24. The zero-order valence-electron chi connectivity index (χ0n) is 14.2. The van der Waals surface area contributed by atoms with E-state index < -0.39 is 5.82 Å². The molecule has 134 valence electrons. The van der Waals surface area contributed by atoms with E-state index in [1.807, 2.05) is 30.3 Å². The first-order valence-corrected chi connectivity index (χ1v) is 8.29. The molecule has 4 aromatic rings. The number of halogens is 1. The molecule has 0 bridgehead atoms. The molecule has 27 heavy (non-hydrogen) atoms. The Hall–Kier alpha value is -3.74.